The van der Waals surface area contributed by atoms with Crippen molar-refractivity contribution in [3.63, 3.8) is 0 Å². The van der Waals surface area contributed by atoms with E-state index in [2.05, 4.69) is 6.08 Å². The van der Waals surface area contributed by atoms with Gasteiger partial charge < -0.3 is 15.6 Å². The van der Waals surface area contributed by atoms with Crippen LogP contribution in [0.5, 0.6) is 5.75 Å². The van der Waals surface area contributed by atoms with Gasteiger partial charge in [-0.1, -0.05) is 49.4 Å². The summed E-state index contributed by atoms with van der Waals surface area (Å²) in [6.07, 6.45) is 2.87. The second-order valence-corrected chi connectivity index (χ2v) is 6.28. The molecular formula is C22H21NO4. The van der Waals surface area contributed by atoms with Gasteiger partial charge in [0.05, 0.1) is 6.42 Å². The normalized spacial score (nSPS) is 14.3. The van der Waals surface area contributed by atoms with Crippen LogP contribution in [0.25, 0.3) is 17.2 Å². The zero-order chi connectivity index (χ0) is 19.4. The lowest BCUT2D eigenvalue weighted by molar-refractivity contribution is -0.139. The maximum absolute atomic E-state index is 11.7. The molecule has 0 aromatic heterocycles. The molecule has 0 radical (unpaired) electrons. The average Bonchev–Trinajstić information content (AvgIpc) is 2.93. The largest absolute Gasteiger partial charge is 0.481 e. The van der Waals surface area contributed by atoms with Gasteiger partial charge in [0.1, 0.15) is 5.75 Å². The first-order valence-electron chi connectivity index (χ1n) is 8.77. The van der Waals surface area contributed by atoms with Crippen molar-refractivity contribution in [1.82, 2.24) is 0 Å². The molecule has 3 rings (SSSR count). The van der Waals surface area contributed by atoms with E-state index in [1.807, 2.05) is 49.4 Å². The molecule has 3 N–H and O–H groups in total. The fourth-order valence-corrected chi connectivity index (χ4v) is 3.46. The highest BCUT2D eigenvalue weighted by Gasteiger charge is 2.29. The number of carboxylic acids is 1. The lowest BCUT2D eigenvalue weighted by atomic mass is 9.98. The predicted octanol–water partition coefficient (Wildman–Crippen LogP) is 3.74. The van der Waals surface area contributed by atoms with E-state index in [1.54, 1.807) is 6.07 Å². The topological polar surface area (TPSA) is 89.6 Å². The van der Waals surface area contributed by atoms with Crippen LogP contribution in [-0.4, -0.2) is 23.6 Å². The number of amides is 1. The summed E-state index contributed by atoms with van der Waals surface area (Å²) in [5, 5.41) is 8.96. The Morgan fingerprint density at radius 1 is 1.07 bits per heavy atom. The van der Waals surface area contributed by atoms with E-state index in [4.69, 9.17) is 15.6 Å². The summed E-state index contributed by atoms with van der Waals surface area (Å²) < 4.78 is 5.50. The van der Waals surface area contributed by atoms with Crippen LogP contribution in [0, 0.1) is 0 Å². The molecule has 0 heterocycles. The van der Waals surface area contributed by atoms with E-state index in [0.29, 0.717) is 12.2 Å². The molecule has 1 aliphatic rings. The van der Waals surface area contributed by atoms with Gasteiger partial charge >= 0.3 is 5.97 Å². The zero-order valence-corrected chi connectivity index (χ0v) is 15.1. The van der Waals surface area contributed by atoms with Crippen molar-refractivity contribution in [1.29, 1.82) is 0 Å². The maximum Gasteiger partial charge on any atom is 0.341 e. The minimum atomic E-state index is -1.05. The Hall–Kier alpha value is -3.34. The summed E-state index contributed by atoms with van der Waals surface area (Å²) in [6, 6.07) is 15.4. The van der Waals surface area contributed by atoms with Crippen LogP contribution in [0.1, 0.15) is 36.5 Å². The first kappa shape index (κ1) is 18.5. The van der Waals surface area contributed by atoms with E-state index < -0.39 is 18.5 Å². The summed E-state index contributed by atoms with van der Waals surface area (Å²) in [5.74, 6) is -1.04. The molecule has 27 heavy (non-hydrogen) atoms. The average molecular weight is 364 g/mol. The molecule has 5 nitrogen and oxygen atoms in total. The van der Waals surface area contributed by atoms with Crippen LogP contribution in [0.4, 0.5) is 0 Å². The van der Waals surface area contributed by atoms with Crippen molar-refractivity contribution in [2.75, 3.05) is 6.61 Å². The number of carboxylic acid groups (broad SMARTS) is 1. The minimum absolute atomic E-state index is 0.0791. The lowest BCUT2D eigenvalue weighted by Crippen LogP contribution is -2.13. The van der Waals surface area contributed by atoms with E-state index in [9.17, 15) is 9.59 Å². The Balaban J connectivity index is 2.19. The fourth-order valence-electron chi connectivity index (χ4n) is 3.46. The molecule has 138 valence electrons. The van der Waals surface area contributed by atoms with Crippen molar-refractivity contribution >= 4 is 29.1 Å². The predicted molar refractivity (Wildman–Crippen MR) is 105 cm³/mol. The molecule has 2 aromatic carbocycles. The van der Waals surface area contributed by atoms with Gasteiger partial charge in [-0.25, -0.2) is 4.79 Å². The number of benzene rings is 2. The van der Waals surface area contributed by atoms with Gasteiger partial charge in [-0.2, -0.15) is 0 Å². The summed E-state index contributed by atoms with van der Waals surface area (Å²) in [7, 11) is 0. The molecule has 5 heteroatoms. The zero-order valence-electron chi connectivity index (χ0n) is 15.1. The quantitative estimate of drug-likeness (QED) is 0.732. The number of carbonyl (C=O) groups is 2. The van der Waals surface area contributed by atoms with Crippen LogP contribution in [-0.2, 0) is 9.59 Å². The molecule has 2 aromatic rings. The maximum atomic E-state index is 11.7. The second-order valence-electron chi connectivity index (χ2n) is 6.28. The third kappa shape index (κ3) is 3.92. The number of ether oxygens (including phenoxy) is 1. The molecule has 0 saturated carbocycles. The Morgan fingerprint density at radius 3 is 2.44 bits per heavy atom. The number of nitrogens with two attached hydrogens (primary N) is 1. The van der Waals surface area contributed by atoms with Gasteiger partial charge in [0.2, 0.25) is 5.91 Å². The van der Waals surface area contributed by atoms with Gasteiger partial charge in [-0.05, 0) is 46.4 Å². The minimum Gasteiger partial charge on any atom is -0.481 e. The first-order valence-corrected chi connectivity index (χ1v) is 8.77. The summed E-state index contributed by atoms with van der Waals surface area (Å²) in [4.78, 5) is 22.6. The standard InChI is InChI=1S/C22H21NO4/c1-2-15-17(11-14-7-4-3-5-8-14)16-9-6-10-19(27-13-21(25)26)22(16)18(15)12-20(23)24/h3-11H,2,12-13H2,1H3,(H2,23,24)(H,25,26)/i21+1. The van der Waals surface area contributed by atoms with Crippen molar-refractivity contribution in [3.8, 4) is 5.75 Å². The highest BCUT2D eigenvalue weighted by Crippen LogP contribution is 2.48. The van der Waals surface area contributed by atoms with Crippen molar-refractivity contribution < 1.29 is 19.4 Å². The number of aliphatic carboxylic acids is 1. The molecule has 0 atom stereocenters. The number of fused-ring (bicyclic) bond motifs is 1. The number of hydrogen-bond donors (Lipinski definition) is 2. The molecular weight excluding hydrogens is 343 g/mol. The second kappa shape index (κ2) is 7.91. The smallest absolute Gasteiger partial charge is 0.341 e. The molecule has 0 unspecified atom stereocenters. The van der Waals surface area contributed by atoms with Gasteiger partial charge in [-0.15, -0.1) is 0 Å². The fraction of sp³-hybridized carbons (Fsp3) is 0.182. The Bertz CT molecular complexity index is 942. The van der Waals surface area contributed by atoms with Gasteiger partial charge in [0, 0.05) is 5.56 Å². The van der Waals surface area contributed by atoms with Crippen LogP contribution in [0.2, 0.25) is 0 Å². The monoisotopic (exact) mass is 364 g/mol. The van der Waals surface area contributed by atoms with Crippen LogP contribution in [0.3, 0.4) is 0 Å². The Morgan fingerprint density at radius 2 is 1.81 bits per heavy atom. The molecule has 0 saturated heterocycles. The number of rotatable bonds is 7. The lowest BCUT2D eigenvalue weighted by Gasteiger charge is -2.12. The molecule has 1 amide bonds. The number of carbonyl (C=O) groups excluding carboxylic acids is 1. The number of hydrogen-bond acceptors (Lipinski definition) is 3. The summed E-state index contributed by atoms with van der Waals surface area (Å²) in [6.45, 7) is 1.58. The Kier molecular flexibility index (Phi) is 5.41. The number of allylic oxidation sites excluding steroid dienone is 2. The van der Waals surface area contributed by atoms with E-state index in [1.165, 1.54) is 0 Å². The Labute approximate surface area is 157 Å². The molecule has 0 aliphatic heterocycles. The SMILES string of the molecule is CCC1=C(CC(N)=O)c2c(OC[13C](=O)O)cccc2C1=Cc1ccccc1. The van der Waals surface area contributed by atoms with Gasteiger partial charge in [0.15, 0.2) is 6.61 Å². The highest BCUT2D eigenvalue weighted by atomic mass is 16.5. The number of primary amides is 1. The van der Waals surface area contributed by atoms with Crippen molar-refractivity contribution in [2.45, 2.75) is 19.8 Å². The molecule has 0 fully saturated rings. The molecule has 0 spiro atoms. The van der Waals surface area contributed by atoms with Crippen molar-refractivity contribution in [2.24, 2.45) is 5.73 Å². The molecule has 0 bridgehead atoms. The van der Waals surface area contributed by atoms with Crippen LogP contribution < -0.4 is 10.5 Å². The van der Waals surface area contributed by atoms with Crippen molar-refractivity contribution in [3.05, 3.63) is 70.8 Å². The third-order valence-corrected chi connectivity index (χ3v) is 4.47. The highest BCUT2D eigenvalue weighted by molar-refractivity contribution is 6.09. The first-order chi connectivity index (χ1) is 13.0. The summed E-state index contributed by atoms with van der Waals surface area (Å²) >= 11 is 0. The van der Waals surface area contributed by atoms with Crippen LogP contribution in [0.15, 0.2) is 54.1 Å². The van der Waals surface area contributed by atoms with Gasteiger partial charge in [0.25, 0.3) is 0 Å². The van der Waals surface area contributed by atoms with Crippen LogP contribution >= 0.6 is 0 Å². The van der Waals surface area contributed by atoms with Gasteiger partial charge in [-0.3, -0.25) is 4.79 Å². The van der Waals surface area contributed by atoms with E-state index in [0.717, 1.165) is 33.4 Å². The molecule has 1 aliphatic carbocycles. The third-order valence-electron chi connectivity index (χ3n) is 4.47. The van der Waals surface area contributed by atoms with E-state index in [-0.39, 0.29) is 6.42 Å². The summed E-state index contributed by atoms with van der Waals surface area (Å²) in [5.41, 5.74) is 11.1. The van der Waals surface area contributed by atoms with E-state index >= 15 is 0 Å².